The van der Waals surface area contributed by atoms with Crippen LogP contribution in [0.1, 0.15) is 32.8 Å². The molecule has 1 heterocycles. The third-order valence-electron chi connectivity index (χ3n) is 2.79. The van der Waals surface area contributed by atoms with Gasteiger partial charge in [-0.15, -0.1) is 0 Å². The minimum atomic E-state index is -0.284. The fourth-order valence-electron chi connectivity index (χ4n) is 1.89. The molecular weight excluding hydrogens is 214 g/mol. The fourth-order valence-corrected chi connectivity index (χ4v) is 1.89. The number of nitrogens with zero attached hydrogens (tertiary/aromatic N) is 1. The highest BCUT2D eigenvalue weighted by atomic mass is 16.1. The van der Waals surface area contributed by atoms with Crippen molar-refractivity contribution in [1.82, 2.24) is 9.88 Å². The Bertz CT molecular complexity index is 357. The highest BCUT2D eigenvalue weighted by molar-refractivity contribution is 5.80. The SMILES string of the molecule is CCCn1ccc(CNC(C(N)=O)C(C)C)c1. The molecule has 4 nitrogen and oxygen atoms in total. The monoisotopic (exact) mass is 237 g/mol. The van der Waals surface area contributed by atoms with Gasteiger partial charge in [-0.3, -0.25) is 4.79 Å². The van der Waals surface area contributed by atoms with Gasteiger partial charge in [0.05, 0.1) is 6.04 Å². The van der Waals surface area contributed by atoms with E-state index < -0.39 is 0 Å². The Kier molecular flexibility index (Phi) is 5.22. The van der Waals surface area contributed by atoms with Crippen LogP contribution >= 0.6 is 0 Å². The number of carbonyl (C=O) groups is 1. The molecule has 3 N–H and O–H groups in total. The molecule has 0 saturated heterocycles. The third-order valence-corrected chi connectivity index (χ3v) is 2.79. The molecule has 0 saturated carbocycles. The second kappa shape index (κ2) is 6.45. The molecule has 0 radical (unpaired) electrons. The van der Waals surface area contributed by atoms with Crippen LogP contribution in [-0.2, 0) is 17.9 Å². The van der Waals surface area contributed by atoms with Gasteiger partial charge in [0, 0.05) is 25.5 Å². The molecule has 1 aromatic heterocycles. The Balaban J connectivity index is 2.50. The summed E-state index contributed by atoms with van der Waals surface area (Å²) in [4.78, 5) is 11.2. The summed E-state index contributed by atoms with van der Waals surface area (Å²) in [5, 5.41) is 3.20. The van der Waals surface area contributed by atoms with Crippen molar-refractivity contribution < 1.29 is 4.79 Å². The maximum absolute atomic E-state index is 11.2. The molecule has 1 atom stereocenters. The van der Waals surface area contributed by atoms with E-state index in [1.165, 1.54) is 5.56 Å². The Morgan fingerprint density at radius 2 is 2.24 bits per heavy atom. The zero-order chi connectivity index (χ0) is 12.8. The molecule has 0 bridgehead atoms. The standard InChI is InChI=1S/C13H23N3O/c1-4-6-16-7-5-11(9-16)8-15-12(10(2)3)13(14)17/h5,7,9-10,12,15H,4,6,8H2,1-3H3,(H2,14,17). The number of primary amides is 1. The smallest absolute Gasteiger partial charge is 0.234 e. The maximum atomic E-state index is 11.2. The van der Waals surface area contributed by atoms with Crippen LogP contribution in [0.25, 0.3) is 0 Å². The molecule has 1 aromatic rings. The summed E-state index contributed by atoms with van der Waals surface area (Å²) in [5.74, 6) is -0.0711. The van der Waals surface area contributed by atoms with Crippen LogP contribution in [0.3, 0.4) is 0 Å². The number of hydrogen-bond acceptors (Lipinski definition) is 2. The highest BCUT2D eigenvalue weighted by Gasteiger charge is 2.18. The molecule has 0 fully saturated rings. The molecule has 1 amide bonds. The lowest BCUT2D eigenvalue weighted by atomic mass is 10.0. The van der Waals surface area contributed by atoms with Gasteiger partial charge >= 0.3 is 0 Å². The average Bonchev–Trinajstić information content (AvgIpc) is 2.65. The number of carbonyl (C=O) groups excluding carboxylic acids is 1. The lowest BCUT2D eigenvalue weighted by Crippen LogP contribution is -2.44. The predicted molar refractivity (Wildman–Crippen MR) is 69.4 cm³/mol. The first-order valence-corrected chi connectivity index (χ1v) is 6.22. The summed E-state index contributed by atoms with van der Waals surface area (Å²) in [5.41, 5.74) is 6.53. The summed E-state index contributed by atoms with van der Waals surface area (Å²) in [7, 11) is 0. The first-order chi connectivity index (χ1) is 8.04. The molecule has 1 rings (SSSR count). The largest absolute Gasteiger partial charge is 0.368 e. The second-order valence-electron chi connectivity index (χ2n) is 4.76. The van der Waals surface area contributed by atoms with Crippen molar-refractivity contribution in [3.05, 3.63) is 24.0 Å². The van der Waals surface area contributed by atoms with E-state index in [0.29, 0.717) is 6.54 Å². The van der Waals surface area contributed by atoms with Crippen molar-refractivity contribution in [1.29, 1.82) is 0 Å². The van der Waals surface area contributed by atoms with Crippen LogP contribution in [0.2, 0.25) is 0 Å². The Morgan fingerprint density at radius 1 is 1.53 bits per heavy atom. The van der Waals surface area contributed by atoms with Crippen LogP contribution in [0, 0.1) is 5.92 Å². The van der Waals surface area contributed by atoms with Gasteiger partial charge in [-0.25, -0.2) is 0 Å². The van der Waals surface area contributed by atoms with Crippen molar-refractivity contribution in [2.24, 2.45) is 11.7 Å². The molecule has 0 aliphatic carbocycles. The normalized spacial score (nSPS) is 12.9. The molecule has 0 aromatic carbocycles. The number of hydrogen-bond donors (Lipinski definition) is 2. The number of nitrogens with two attached hydrogens (primary N) is 1. The quantitative estimate of drug-likeness (QED) is 0.755. The minimum Gasteiger partial charge on any atom is -0.368 e. The average molecular weight is 237 g/mol. The zero-order valence-electron chi connectivity index (χ0n) is 10.9. The number of aromatic nitrogens is 1. The van der Waals surface area contributed by atoms with E-state index >= 15 is 0 Å². The molecule has 0 aliphatic rings. The van der Waals surface area contributed by atoms with Crippen molar-refractivity contribution in [3.63, 3.8) is 0 Å². The van der Waals surface area contributed by atoms with Crippen LogP contribution in [-0.4, -0.2) is 16.5 Å². The summed E-state index contributed by atoms with van der Waals surface area (Å²) in [6.45, 7) is 7.85. The number of amides is 1. The summed E-state index contributed by atoms with van der Waals surface area (Å²) in [6, 6.07) is 1.81. The van der Waals surface area contributed by atoms with E-state index in [4.69, 9.17) is 5.73 Å². The Morgan fingerprint density at radius 3 is 2.76 bits per heavy atom. The highest BCUT2D eigenvalue weighted by Crippen LogP contribution is 2.05. The van der Waals surface area contributed by atoms with Crippen molar-refractivity contribution in [3.8, 4) is 0 Å². The lowest BCUT2D eigenvalue weighted by molar-refractivity contribution is -0.121. The van der Waals surface area contributed by atoms with Gasteiger partial charge < -0.3 is 15.6 Å². The van der Waals surface area contributed by atoms with Crippen LogP contribution in [0.5, 0.6) is 0 Å². The van der Waals surface area contributed by atoms with Gasteiger partial charge in [0.1, 0.15) is 0 Å². The van der Waals surface area contributed by atoms with Crippen LogP contribution in [0.15, 0.2) is 18.5 Å². The van der Waals surface area contributed by atoms with Crippen LogP contribution in [0.4, 0.5) is 0 Å². The molecule has 1 unspecified atom stereocenters. The van der Waals surface area contributed by atoms with Crippen molar-refractivity contribution in [2.45, 2.75) is 46.3 Å². The first-order valence-electron chi connectivity index (χ1n) is 6.22. The van der Waals surface area contributed by atoms with Crippen molar-refractivity contribution in [2.75, 3.05) is 0 Å². The zero-order valence-corrected chi connectivity index (χ0v) is 10.9. The van der Waals surface area contributed by atoms with Gasteiger partial charge in [0.2, 0.25) is 5.91 Å². The molecular formula is C13H23N3O. The van der Waals surface area contributed by atoms with E-state index in [2.05, 4.69) is 35.3 Å². The van der Waals surface area contributed by atoms with Crippen LogP contribution < -0.4 is 11.1 Å². The minimum absolute atomic E-state index is 0.213. The first kappa shape index (κ1) is 13.8. The molecule has 0 spiro atoms. The van der Waals surface area contributed by atoms with E-state index in [-0.39, 0.29) is 17.9 Å². The fraction of sp³-hybridized carbons (Fsp3) is 0.615. The van der Waals surface area contributed by atoms with Gasteiger partial charge in [-0.1, -0.05) is 20.8 Å². The molecule has 17 heavy (non-hydrogen) atoms. The van der Waals surface area contributed by atoms with Gasteiger partial charge in [0.25, 0.3) is 0 Å². The van der Waals surface area contributed by atoms with E-state index in [1.54, 1.807) is 0 Å². The second-order valence-corrected chi connectivity index (χ2v) is 4.76. The Hall–Kier alpha value is -1.29. The van der Waals surface area contributed by atoms with E-state index in [1.807, 2.05) is 13.8 Å². The van der Waals surface area contributed by atoms with Gasteiger partial charge in [-0.2, -0.15) is 0 Å². The number of aryl methyl sites for hydroxylation is 1. The summed E-state index contributed by atoms with van der Waals surface area (Å²) >= 11 is 0. The number of rotatable bonds is 7. The van der Waals surface area contributed by atoms with E-state index in [9.17, 15) is 4.79 Å². The predicted octanol–water partition coefficient (Wildman–Crippen LogP) is 1.50. The maximum Gasteiger partial charge on any atom is 0.234 e. The molecule has 96 valence electrons. The number of nitrogens with one attached hydrogen (secondary N) is 1. The lowest BCUT2D eigenvalue weighted by Gasteiger charge is -2.18. The van der Waals surface area contributed by atoms with Gasteiger partial charge in [0.15, 0.2) is 0 Å². The molecule has 0 aliphatic heterocycles. The van der Waals surface area contributed by atoms with Gasteiger partial charge in [-0.05, 0) is 24.0 Å². The summed E-state index contributed by atoms with van der Waals surface area (Å²) < 4.78 is 2.16. The van der Waals surface area contributed by atoms with Crippen molar-refractivity contribution >= 4 is 5.91 Å². The topological polar surface area (TPSA) is 60.1 Å². The van der Waals surface area contributed by atoms with E-state index in [0.717, 1.165) is 13.0 Å². The third kappa shape index (κ3) is 4.23. The Labute approximate surface area is 103 Å². The molecule has 4 heteroatoms. The summed E-state index contributed by atoms with van der Waals surface area (Å²) in [6.07, 6.45) is 5.29.